The van der Waals surface area contributed by atoms with Gasteiger partial charge in [-0.2, -0.15) is 0 Å². The van der Waals surface area contributed by atoms with Crippen molar-refractivity contribution in [2.45, 2.75) is 0 Å². The molecule has 2 heterocycles. The van der Waals surface area contributed by atoms with Gasteiger partial charge in [0.2, 0.25) is 0 Å². The number of benzene rings is 2. The van der Waals surface area contributed by atoms with Crippen LogP contribution in [0.5, 0.6) is 5.75 Å². The highest BCUT2D eigenvalue weighted by Crippen LogP contribution is 2.37. The Bertz CT molecular complexity index is 1200. The van der Waals surface area contributed by atoms with Gasteiger partial charge in [0.15, 0.2) is 0 Å². The fraction of sp³-hybridized carbons (Fsp3) is 0.208. The summed E-state index contributed by atoms with van der Waals surface area (Å²) in [5.74, 6) is 3.81. The van der Waals surface area contributed by atoms with Gasteiger partial charge in [-0.3, -0.25) is 4.79 Å². The lowest BCUT2D eigenvalue weighted by atomic mass is 10.1. The highest BCUT2D eigenvalue weighted by atomic mass is 16.5. The van der Waals surface area contributed by atoms with Crippen LogP contribution in [0.3, 0.4) is 0 Å². The number of amides is 1. The third kappa shape index (κ3) is 4.49. The van der Waals surface area contributed by atoms with Crippen molar-refractivity contribution in [3.63, 3.8) is 0 Å². The molecule has 1 aliphatic heterocycles. The van der Waals surface area contributed by atoms with E-state index in [0.29, 0.717) is 37.0 Å². The summed E-state index contributed by atoms with van der Waals surface area (Å²) >= 11 is 0. The maximum absolute atomic E-state index is 12.8. The third-order valence-electron chi connectivity index (χ3n) is 4.87. The van der Waals surface area contributed by atoms with Crippen LogP contribution in [0.4, 0.5) is 17.2 Å². The van der Waals surface area contributed by atoms with Crippen molar-refractivity contribution in [3.05, 3.63) is 60.4 Å². The standard InChI is InChI=1S/C24H23N5O2/c1-4-17-7-5-8-18(13-17)27-24-19-14-21-22(15-20(19)25-16-26-24)31-12-11-29(21)23(30)9-6-10-28(2)3/h1,5-9,13-16H,10-12H2,2-3H3,(H,25,26,27). The first-order valence-corrected chi connectivity index (χ1v) is 9.93. The first-order valence-electron chi connectivity index (χ1n) is 9.93. The molecule has 0 unspecified atom stereocenters. The molecule has 0 aliphatic carbocycles. The van der Waals surface area contributed by atoms with Gasteiger partial charge in [-0.25, -0.2) is 9.97 Å². The zero-order valence-corrected chi connectivity index (χ0v) is 17.5. The minimum absolute atomic E-state index is 0.0844. The first-order chi connectivity index (χ1) is 15.0. The Morgan fingerprint density at radius 1 is 1.32 bits per heavy atom. The van der Waals surface area contributed by atoms with Gasteiger partial charge < -0.3 is 19.9 Å². The number of hydrogen-bond donors (Lipinski definition) is 1. The molecule has 0 bridgehead atoms. The minimum atomic E-state index is -0.0844. The normalized spacial score (nSPS) is 13.2. The van der Waals surface area contributed by atoms with Gasteiger partial charge in [0.25, 0.3) is 5.91 Å². The van der Waals surface area contributed by atoms with E-state index in [-0.39, 0.29) is 5.91 Å². The van der Waals surface area contributed by atoms with Crippen LogP contribution in [0.2, 0.25) is 0 Å². The summed E-state index contributed by atoms with van der Waals surface area (Å²) in [5, 5.41) is 4.09. The summed E-state index contributed by atoms with van der Waals surface area (Å²) in [5.41, 5.74) is 3.02. The number of rotatable bonds is 5. The second-order valence-corrected chi connectivity index (χ2v) is 7.41. The summed E-state index contributed by atoms with van der Waals surface area (Å²) in [7, 11) is 3.91. The zero-order chi connectivity index (χ0) is 21.8. The van der Waals surface area contributed by atoms with E-state index in [9.17, 15) is 4.79 Å². The van der Waals surface area contributed by atoms with Crippen molar-refractivity contribution < 1.29 is 9.53 Å². The molecule has 1 N–H and O–H groups in total. The van der Waals surface area contributed by atoms with Gasteiger partial charge in [-0.1, -0.05) is 18.1 Å². The largest absolute Gasteiger partial charge is 0.489 e. The van der Waals surface area contributed by atoms with E-state index in [0.717, 1.165) is 22.2 Å². The summed E-state index contributed by atoms with van der Waals surface area (Å²) in [6.07, 6.45) is 10.5. The Balaban J connectivity index is 1.71. The van der Waals surface area contributed by atoms with Gasteiger partial charge in [-0.05, 0) is 38.4 Å². The fourth-order valence-corrected chi connectivity index (χ4v) is 3.37. The summed E-state index contributed by atoms with van der Waals surface area (Å²) < 4.78 is 5.81. The number of aromatic nitrogens is 2. The number of likely N-dealkylation sites (N-methyl/N-ethyl adjacent to an activating group) is 1. The summed E-state index contributed by atoms with van der Waals surface area (Å²) in [4.78, 5) is 25.3. The predicted molar refractivity (Wildman–Crippen MR) is 123 cm³/mol. The topological polar surface area (TPSA) is 70.6 Å². The number of hydrogen-bond acceptors (Lipinski definition) is 6. The number of nitrogens with zero attached hydrogens (tertiary/aromatic N) is 4. The maximum Gasteiger partial charge on any atom is 0.250 e. The van der Waals surface area contributed by atoms with Crippen molar-refractivity contribution in [1.29, 1.82) is 0 Å². The van der Waals surface area contributed by atoms with Crippen LogP contribution in [-0.4, -0.2) is 54.6 Å². The minimum Gasteiger partial charge on any atom is -0.489 e. The van der Waals surface area contributed by atoms with Gasteiger partial charge in [0, 0.05) is 35.3 Å². The molecule has 2 aromatic carbocycles. The fourth-order valence-electron chi connectivity index (χ4n) is 3.37. The molecular formula is C24H23N5O2. The Labute approximate surface area is 181 Å². The highest BCUT2D eigenvalue weighted by molar-refractivity contribution is 6.05. The van der Waals surface area contributed by atoms with Crippen molar-refractivity contribution in [1.82, 2.24) is 14.9 Å². The monoisotopic (exact) mass is 413 g/mol. The van der Waals surface area contributed by atoms with E-state index in [1.165, 1.54) is 6.33 Å². The molecule has 0 saturated heterocycles. The molecule has 1 aromatic heterocycles. The van der Waals surface area contributed by atoms with Gasteiger partial charge >= 0.3 is 0 Å². The molecule has 0 radical (unpaired) electrons. The van der Waals surface area contributed by atoms with Crippen LogP contribution in [0.15, 0.2) is 54.9 Å². The molecule has 31 heavy (non-hydrogen) atoms. The second-order valence-electron chi connectivity index (χ2n) is 7.41. The van der Waals surface area contributed by atoms with Crippen LogP contribution in [-0.2, 0) is 4.79 Å². The van der Waals surface area contributed by atoms with E-state index in [1.54, 1.807) is 11.0 Å². The van der Waals surface area contributed by atoms with E-state index in [2.05, 4.69) is 21.2 Å². The molecular weight excluding hydrogens is 390 g/mol. The Morgan fingerprint density at radius 2 is 2.19 bits per heavy atom. The lowest BCUT2D eigenvalue weighted by Crippen LogP contribution is -2.37. The van der Waals surface area contributed by atoms with Gasteiger partial charge in [0.1, 0.15) is 24.5 Å². The molecule has 0 fully saturated rings. The van der Waals surface area contributed by atoms with Crippen LogP contribution >= 0.6 is 0 Å². The van der Waals surface area contributed by atoms with Crippen LogP contribution in [0, 0.1) is 12.3 Å². The number of terminal acetylenes is 1. The van der Waals surface area contributed by atoms with Gasteiger partial charge in [0.05, 0.1) is 17.7 Å². The Kier molecular flexibility index (Phi) is 5.83. The van der Waals surface area contributed by atoms with Crippen LogP contribution < -0.4 is 15.0 Å². The molecule has 3 aromatic rings. The van der Waals surface area contributed by atoms with E-state index >= 15 is 0 Å². The summed E-state index contributed by atoms with van der Waals surface area (Å²) in [6, 6.07) is 11.3. The van der Waals surface area contributed by atoms with Crippen molar-refractivity contribution in [2.75, 3.05) is 44.0 Å². The number of carbonyl (C=O) groups excluding carboxylic acids is 1. The number of carbonyl (C=O) groups is 1. The van der Waals surface area contributed by atoms with E-state index in [4.69, 9.17) is 11.2 Å². The van der Waals surface area contributed by atoms with Crippen molar-refractivity contribution in [3.8, 4) is 18.1 Å². The lowest BCUT2D eigenvalue weighted by molar-refractivity contribution is -0.114. The molecule has 156 valence electrons. The number of ether oxygens (including phenoxy) is 1. The smallest absolute Gasteiger partial charge is 0.250 e. The molecule has 0 saturated carbocycles. The van der Waals surface area contributed by atoms with E-state index in [1.807, 2.05) is 61.5 Å². The molecule has 0 atom stereocenters. The Morgan fingerprint density at radius 3 is 3.00 bits per heavy atom. The van der Waals surface area contributed by atoms with Gasteiger partial charge in [-0.15, -0.1) is 6.42 Å². The summed E-state index contributed by atoms with van der Waals surface area (Å²) in [6.45, 7) is 1.60. The molecule has 0 spiro atoms. The first kappa shape index (κ1) is 20.4. The molecule has 7 heteroatoms. The van der Waals surface area contributed by atoms with Crippen molar-refractivity contribution in [2.24, 2.45) is 0 Å². The predicted octanol–water partition coefficient (Wildman–Crippen LogP) is 3.20. The number of fused-ring (bicyclic) bond motifs is 2. The highest BCUT2D eigenvalue weighted by Gasteiger charge is 2.24. The third-order valence-corrected chi connectivity index (χ3v) is 4.87. The SMILES string of the molecule is C#Cc1cccc(Nc2ncnc3cc4c(cc23)N(C(=O)C=CCN(C)C)CCO4)c1. The average Bonchev–Trinajstić information content (AvgIpc) is 2.77. The van der Waals surface area contributed by atoms with Crippen LogP contribution in [0.1, 0.15) is 5.56 Å². The van der Waals surface area contributed by atoms with E-state index < -0.39 is 0 Å². The average molecular weight is 413 g/mol. The van der Waals surface area contributed by atoms with Crippen LogP contribution in [0.25, 0.3) is 10.9 Å². The maximum atomic E-state index is 12.8. The van der Waals surface area contributed by atoms with Crippen molar-refractivity contribution >= 4 is 34.0 Å². The lowest BCUT2D eigenvalue weighted by Gasteiger charge is -2.29. The number of nitrogens with one attached hydrogen (secondary N) is 1. The molecule has 1 aliphatic rings. The second kappa shape index (κ2) is 8.86. The number of anilines is 3. The molecule has 7 nitrogen and oxygen atoms in total. The molecule has 4 rings (SSSR count). The quantitative estimate of drug-likeness (QED) is 0.512. The molecule has 1 amide bonds. The zero-order valence-electron chi connectivity index (χ0n) is 17.5. The Hall–Kier alpha value is -3.89.